The van der Waals surface area contributed by atoms with Gasteiger partial charge in [0.15, 0.2) is 11.5 Å². The third-order valence-corrected chi connectivity index (χ3v) is 3.74. The molecular formula is C13H16N4O3S. The number of rotatable bonds is 6. The van der Waals surface area contributed by atoms with Crippen LogP contribution in [0.3, 0.4) is 0 Å². The highest BCUT2D eigenvalue weighted by Gasteiger charge is 2.09. The molecule has 2 N–H and O–H groups in total. The van der Waals surface area contributed by atoms with Gasteiger partial charge in [0.2, 0.25) is 0 Å². The topological polar surface area (TPSA) is 97.1 Å². The van der Waals surface area contributed by atoms with Crippen LogP contribution in [0.15, 0.2) is 22.6 Å². The number of nitrogens with zero attached hydrogens (tertiary/aromatic N) is 3. The van der Waals surface area contributed by atoms with E-state index in [0.717, 1.165) is 0 Å². The molecule has 7 nitrogen and oxygen atoms in total. The van der Waals surface area contributed by atoms with Gasteiger partial charge in [0.25, 0.3) is 5.56 Å². The minimum Gasteiger partial charge on any atom is -0.476 e. The van der Waals surface area contributed by atoms with Crippen LogP contribution >= 0.6 is 11.3 Å². The molecule has 0 amide bonds. The van der Waals surface area contributed by atoms with Crippen LogP contribution in [0.2, 0.25) is 0 Å². The average Bonchev–Trinajstić information content (AvgIpc) is 2.89. The van der Waals surface area contributed by atoms with Crippen LogP contribution in [0.4, 0.5) is 5.82 Å². The zero-order valence-electron chi connectivity index (χ0n) is 11.7. The Balaban J connectivity index is 1.99. The Hall–Kier alpha value is -2.22. The lowest BCUT2D eigenvalue weighted by atomic mass is 10.4. The first kappa shape index (κ1) is 15.2. The summed E-state index contributed by atoms with van der Waals surface area (Å²) in [6.45, 7) is 4.32. The Labute approximate surface area is 125 Å². The standard InChI is InChI=1S/C13H16N4O3S/c1-8(2)17-6-5-15-11(12(17)18)14-4-3-10-16-9(7-21-10)13(19)20/h5-8H,3-4H2,1-2H3,(H,14,15)(H,19,20). The van der Waals surface area contributed by atoms with Crippen molar-refractivity contribution < 1.29 is 9.90 Å². The zero-order chi connectivity index (χ0) is 15.4. The first-order valence-corrected chi connectivity index (χ1v) is 7.35. The van der Waals surface area contributed by atoms with Crippen molar-refractivity contribution >= 4 is 23.1 Å². The molecule has 0 fully saturated rings. The second-order valence-electron chi connectivity index (χ2n) is 4.69. The smallest absolute Gasteiger partial charge is 0.355 e. The molecule has 0 saturated carbocycles. The number of carboxylic acid groups (broad SMARTS) is 1. The van der Waals surface area contributed by atoms with Crippen molar-refractivity contribution in [2.75, 3.05) is 11.9 Å². The van der Waals surface area contributed by atoms with Gasteiger partial charge in [-0.05, 0) is 13.8 Å². The molecule has 0 saturated heterocycles. The van der Waals surface area contributed by atoms with E-state index in [2.05, 4.69) is 15.3 Å². The molecule has 0 atom stereocenters. The molecule has 112 valence electrons. The first-order chi connectivity index (χ1) is 9.99. The fourth-order valence-electron chi connectivity index (χ4n) is 1.76. The number of nitrogens with one attached hydrogen (secondary N) is 1. The number of carboxylic acids is 1. The third kappa shape index (κ3) is 3.66. The molecule has 0 aliphatic heterocycles. The van der Waals surface area contributed by atoms with Crippen LogP contribution in [0.5, 0.6) is 0 Å². The molecule has 2 aromatic heterocycles. The van der Waals surface area contributed by atoms with Gasteiger partial charge in [-0.1, -0.05) is 0 Å². The van der Waals surface area contributed by atoms with Gasteiger partial charge in [0.1, 0.15) is 0 Å². The monoisotopic (exact) mass is 308 g/mol. The molecule has 0 unspecified atom stereocenters. The predicted octanol–water partition coefficient (Wildman–Crippen LogP) is 1.63. The van der Waals surface area contributed by atoms with Crippen LogP contribution in [-0.2, 0) is 6.42 Å². The molecule has 0 radical (unpaired) electrons. The van der Waals surface area contributed by atoms with Gasteiger partial charge in [-0.3, -0.25) is 4.79 Å². The number of aromatic nitrogens is 3. The van der Waals surface area contributed by atoms with Gasteiger partial charge in [-0.25, -0.2) is 14.8 Å². The summed E-state index contributed by atoms with van der Waals surface area (Å²) in [6, 6.07) is 0.0677. The largest absolute Gasteiger partial charge is 0.476 e. The molecule has 0 spiro atoms. The molecule has 0 aliphatic rings. The molecule has 0 bridgehead atoms. The lowest BCUT2D eigenvalue weighted by Crippen LogP contribution is -2.26. The lowest BCUT2D eigenvalue weighted by Gasteiger charge is -2.11. The maximum Gasteiger partial charge on any atom is 0.355 e. The van der Waals surface area contributed by atoms with E-state index in [0.29, 0.717) is 23.8 Å². The van der Waals surface area contributed by atoms with Gasteiger partial charge in [0, 0.05) is 36.8 Å². The number of carbonyl (C=O) groups is 1. The summed E-state index contributed by atoms with van der Waals surface area (Å²) in [5.41, 5.74) is -0.118. The fraction of sp³-hybridized carbons (Fsp3) is 0.385. The summed E-state index contributed by atoms with van der Waals surface area (Å²) in [4.78, 5) is 30.8. The molecule has 0 aromatic carbocycles. The molecule has 2 aromatic rings. The van der Waals surface area contributed by atoms with Gasteiger partial charge in [-0.15, -0.1) is 11.3 Å². The van der Waals surface area contributed by atoms with Crippen molar-refractivity contribution in [2.45, 2.75) is 26.3 Å². The molecule has 2 rings (SSSR count). The Kier molecular flexibility index (Phi) is 4.69. The minimum atomic E-state index is -1.03. The maximum absolute atomic E-state index is 12.1. The Morgan fingerprint density at radius 2 is 2.29 bits per heavy atom. The highest BCUT2D eigenvalue weighted by molar-refractivity contribution is 7.09. The first-order valence-electron chi connectivity index (χ1n) is 6.47. The zero-order valence-corrected chi connectivity index (χ0v) is 12.6. The van der Waals surface area contributed by atoms with E-state index in [-0.39, 0.29) is 17.3 Å². The van der Waals surface area contributed by atoms with Crippen molar-refractivity contribution in [2.24, 2.45) is 0 Å². The van der Waals surface area contributed by atoms with Crippen LogP contribution in [0.1, 0.15) is 35.4 Å². The molecule has 8 heteroatoms. The molecule has 21 heavy (non-hydrogen) atoms. The normalized spacial score (nSPS) is 10.8. The van der Waals surface area contributed by atoms with E-state index >= 15 is 0 Å². The lowest BCUT2D eigenvalue weighted by molar-refractivity contribution is 0.0691. The van der Waals surface area contributed by atoms with Crippen LogP contribution in [-0.4, -0.2) is 32.2 Å². The molecule has 2 heterocycles. The fourth-order valence-corrected chi connectivity index (χ4v) is 2.54. The summed E-state index contributed by atoms with van der Waals surface area (Å²) in [5, 5.41) is 14.0. The SMILES string of the molecule is CC(C)n1ccnc(NCCc2nc(C(=O)O)cs2)c1=O. The summed E-state index contributed by atoms with van der Waals surface area (Å²) >= 11 is 1.29. The van der Waals surface area contributed by atoms with Crippen LogP contribution in [0, 0.1) is 0 Å². The summed E-state index contributed by atoms with van der Waals surface area (Å²) in [5.74, 6) is -0.740. The van der Waals surface area contributed by atoms with Gasteiger partial charge in [-0.2, -0.15) is 0 Å². The van der Waals surface area contributed by atoms with Gasteiger partial charge >= 0.3 is 5.97 Å². The second kappa shape index (κ2) is 6.49. The quantitative estimate of drug-likeness (QED) is 0.842. The van der Waals surface area contributed by atoms with E-state index in [1.165, 1.54) is 16.7 Å². The van der Waals surface area contributed by atoms with Crippen molar-refractivity contribution in [3.8, 4) is 0 Å². The number of aromatic carboxylic acids is 1. The minimum absolute atomic E-state index is 0.0509. The second-order valence-corrected chi connectivity index (χ2v) is 5.63. The summed E-state index contributed by atoms with van der Waals surface area (Å²) in [7, 11) is 0. The van der Waals surface area contributed by atoms with Crippen LogP contribution in [0.25, 0.3) is 0 Å². The van der Waals surface area contributed by atoms with Crippen molar-refractivity contribution in [1.82, 2.24) is 14.5 Å². The highest BCUT2D eigenvalue weighted by atomic mass is 32.1. The Morgan fingerprint density at radius 1 is 1.52 bits per heavy atom. The van der Waals surface area contributed by atoms with E-state index in [1.54, 1.807) is 17.0 Å². The van der Waals surface area contributed by atoms with E-state index in [4.69, 9.17) is 5.11 Å². The van der Waals surface area contributed by atoms with E-state index < -0.39 is 5.97 Å². The number of anilines is 1. The Morgan fingerprint density at radius 3 is 2.90 bits per heavy atom. The highest BCUT2D eigenvalue weighted by Crippen LogP contribution is 2.10. The van der Waals surface area contributed by atoms with Crippen molar-refractivity contribution in [3.05, 3.63) is 38.8 Å². The van der Waals surface area contributed by atoms with Crippen molar-refractivity contribution in [3.63, 3.8) is 0 Å². The number of hydrogen-bond acceptors (Lipinski definition) is 6. The molecular weight excluding hydrogens is 292 g/mol. The Bertz CT molecular complexity index is 693. The average molecular weight is 308 g/mol. The number of hydrogen-bond donors (Lipinski definition) is 2. The van der Waals surface area contributed by atoms with E-state index in [1.807, 2.05) is 13.8 Å². The van der Waals surface area contributed by atoms with Gasteiger partial charge in [0.05, 0.1) is 5.01 Å². The van der Waals surface area contributed by atoms with Gasteiger partial charge < -0.3 is 15.0 Å². The van der Waals surface area contributed by atoms with Crippen molar-refractivity contribution in [1.29, 1.82) is 0 Å². The number of thiazole rings is 1. The predicted molar refractivity (Wildman–Crippen MR) is 80.1 cm³/mol. The van der Waals surface area contributed by atoms with E-state index in [9.17, 15) is 9.59 Å². The summed E-state index contributed by atoms with van der Waals surface area (Å²) < 4.78 is 1.60. The van der Waals surface area contributed by atoms with Crippen LogP contribution < -0.4 is 10.9 Å². The third-order valence-electron chi connectivity index (χ3n) is 2.83. The maximum atomic E-state index is 12.1. The molecule has 0 aliphatic carbocycles. The summed E-state index contributed by atoms with van der Waals surface area (Å²) in [6.07, 6.45) is 3.77.